The van der Waals surface area contributed by atoms with E-state index in [4.69, 9.17) is 11.6 Å². The zero-order valence-electron chi connectivity index (χ0n) is 19.1. The summed E-state index contributed by atoms with van der Waals surface area (Å²) in [6.07, 6.45) is 3.15. The molecule has 1 unspecified atom stereocenters. The first kappa shape index (κ1) is 23.3. The monoisotopic (exact) mass is 495 g/mol. The number of aromatic amines is 1. The molecule has 0 bridgehead atoms. The molecule has 6 nitrogen and oxygen atoms in total. The zero-order valence-corrected chi connectivity index (χ0v) is 19.9. The number of nitrogens with one attached hydrogen (secondary N) is 2. The second-order valence-electron chi connectivity index (χ2n) is 8.45. The van der Waals surface area contributed by atoms with Crippen molar-refractivity contribution in [2.75, 3.05) is 0 Å². The molecule has 0 saturated heterocycles. The fourth-order valence-electron chi connectivity index (χ4n) is 4.19. The second kappa shape index (κ2) is 10.1. The first-order valence-corrected chi connectivity index (χ1v) is 11.8. The fraction of sp³-hybridized carbons (Fsp3) is 0.0690. The third-order valence-electron chi connectivity index (χ3n) is 6.03. The van der Waals surface area contributed by atoms with Crippen LogP contribution in [0.3, 0.4) is 0 Å². The summed E-state index contributed by atoms with van der Waals surface area (Å²) in [6, 6.07) is 26.0. The lowest BCUT2D eigenvalue weighted by Crippen LogP contribution is -2.33. The molecule has 36 heavy (non-hydrogen) atoms. The van der Waals surface area contributed by atoms with Crippen LogP contribution in [0.15, 0.2) is 113 Å². The Hall–Kier alpha value is -4.42. The molecule has 0 spiro atoms. The number of carbonyl (C=O) groups is 1. The van der Waals surface area contributed by atoms with E-state index in [1.54, 1.807) is 30.6 Å². The van der Waals surface area contributed by atoms with Gasteiger partial charge in [0.1, 0.15) is 0 Å². The number of carbonyl (C=O) groups excluding carboxylic acids is 1. The molecule has 178 valence electrons. The molecular formula is C29H22ClN3O3. The zero-order chi connectivity index (χ0) is 25.1. The maximum absolute atomic E-state index is 13.4. The molecule has 0 aliphatic heterocycles. The van der Waals surface area contributed by atoms with E-state index >= 15 is 0 Å². The van der Waals surface area contributed by atoms with Crippen molar-refractivity contribution in [1.29, 1.82) is 0 Å². The summed E-state index contributed by atoms with van der Waals surface area (Å²) in [5.74, 6) is -0.402. The molecular weight excluding hydrogens is 474 g/mol. The maximum atomic E-state index is 13.4. The number of benzene rings is 3. The smallest absolute Gasteiger partial charge is 0.253 e. The third-order valence-corrected chi connectivity index (χ3v) is 6.27. The lowest BCUT2D eigenvalue weighted by atomic mass is 9.98. The molecule has 2 N–H and O–H groups in total. The van der Waals surface area contributed by atoms with Crippen molar-refractivity contribution >= 4 is 28.4 Å². The predicted octanol–water partition coefficient (Wildman–Crippen LogP) is 4.91. The molecule has 0 fully saturated rings. The number of nitrogens with zero attached hydrogens (tertiary/aromatic N) is 1. The molecule has 1 amide bonds. The largest absolute Gasteiger partial charge is 0.361 e. The normalized spacial score (nSPS) is 11.8. The molecule has 0 aliphatic carbocycles. The van der Waals surface area contributed by atoms with Gasteiger partial charge in [0.25, 0.3) is 11.5 Å². The lowest BCUT2D eigenvalue weighted by Gasteiger charge is -2.20. The number of halogens is 1. The first-order chi connectivity index (χ1) is 17.5. The minimum atomic E-state index is -0.711. The number of hydrogen-bond acceptors (Lipinski definition) is 3. The highest BCUT2D eigenvalue weighted by Crippen LogP contribution is 2.23. The highest BCUT2D eigenvalue weighted by atomic mass is 35.5. The van der Waals surface area contributed by atoms with Gasteiger partial charge < -0.3 is 14.9 Å². The highest BCUT2D eigenvalue weighted by Gasteiger charge is 2.22. The Balaban J connectivity index is 1.51. The number of amides is 1. The number of hydrogen-bond donors (Lipinski definition) is 2. The standard InChI is InChI=1S/C29H22ClN3O3/c30-22-12-13-23-25(15-22)31-16-24(28(23)35)27(20-9-5-2-6-10-20)32-29(36)21-11-14-26(34)33(18-21)17-19-7-3-1-4-8-19/h1-16,18,27H,17H2,(H,31,35)(H,32,36). The molecule has 1 atom stereocenters. The van der Waals surface area contributed by atoms with Gasteiger partial charge in [0.05, 0.1) is 23.7 Å². The highest BCUT2D eigenvalue weighted by molar-refractivity contribution is 6.31. The maximum Gasteiger partial charge on any atom is 0.253 e. The molecule has 5 rings (SSSR count). The van der Waals surface area contributed by atoms with Crippen LogP contribution in [0, 0.1) is 0 Å². The van der Waals surface area contributed by atoms with Crippen molar-refractivity contribution in [3.8, 4) is 0 Å². The number of pyridine rings is 2. The average molecular weight is 496 g/mol. The van der Waals surface area contributed by atoms with Crippen molar-refractivity contribution in [1.82, 2.24) is 14.9 Å². The van der Waals surface area contributed by atoms with E-state index < -0.39 is 11.9 Å². The van der Waals surface area contributed by atoms with Crippen LogP contribution in [-0.2, 0) is 6.54 Å². The van der Waals surface area contributed by atoms with E-state index in [0.29, 0.717) is 33.6 Å². The van der Waals surface area contributed by atoms with Crippen molar-refractivity contribution in [2.45, 2.75) is 12.6 Å². The van der Waals surface area contributed by atoms with Gasteiger partial charge in [-0.1, -0.05) is 72.3 Å². The minimum absolute atomic E-state index is 0.205. The van der Waals surface area contributed by atoms with E-state index in [-0.39, 0.29) is 11.0 Å². The molecule has 2 heterocycles. The SMILES string of the molecule is O=C(NC(c1ccccc1)c1c[nH]c2cc(Cl)ccc2c1=O)c1ccc(=O)n(Cc2ccccc2)c1. The Labute approximate surface area is 211 Å². The Kier molecular flexibility index (Phi) is 6.52. The van der Waals surface area contributed by atoms with Gasteiger partial charge in [-0.3, -0.25) is 14.4 Å². The van der Waals surface area contributed by atoms with Crippen LogP contribution in [0.1, 0.15) is 33.1 Å². The second-order valence-corrected chi connectivity index (χ2v) is 8.89. The van der Waals surface area contributed by atoms with E-state index in [2.05, 4.69) is 10.3 Å². The summed E-state index contributed by atoms with van der Waals surface area (Å²) >= 11 is 6.08. The summed E-state index contributed by atoms with van der Waals surface area (Å²) in [6.45, 7) is 0.343. The Morgan fingerprint density at radius 3 is 2.39 bits per heavy atom. The number of H-pyrrole nitrogens is 1. The number of fused-ring (bicyclic) bond motifs is 1. The third kappa shape index (κ3) is 4.85. The van der Waals surface area contributed by atoms with Gasteiger partial charge in [0.2, 0.25) is 0 Å². The Morgan fingerprint density at radius 2 is 1.64 bits per heavy atom. The van der Waals surface area contributed by atoms with Crippen LogP contribution < -0.4 is 16.3 Å². The summed E-state index contributed by atoms with van der Waals surface area (Å²) in [7, 11) is 0. The van der Waals surface area contributed by atoms with E-state index in [9.17, 15) is 14.4 Å². The van der Waals surface area contributed by atoms with Crippen LogP contribution in [0.2, 0.25) is 5.02 Å². The van der Waals surface area contributed by atoms with E-state index in [0.717, 1.165) is 11.1 Å². The van der Waals surface area contributed by atoms with Crippen LogP contribution in [0.25, 0.3) is 10.9 Å². The quantitative estimate of drug-likeness (QED) is 0.351. The van der Waals surface area contributed by atoms with Gasteiger partial charge in [-0.2, -0.15) is 0 Å². The summed E-state index contributed by atoms with van der Waals surface area (Å²) in [5.41, 5.74) is 2.60. The van der Waals surface area contributed by atoms with Gasteiger partial charge in [-0.15, -0.1) is 0 Å². The van der Waals surface area contributed by atoms with Crippen molar-refractivity contribution in [3.05, 3.63) is 151 Å². The lowest BCUT2D eigenvalue weighted by molar-refractivity contribution is 0.0942. The van der Waals surface area contributed by atoms with Crippen LogP contribution in [0.4, 0.5) is 0 Å². The van der Waals surface area contributed by atoms with Crippen LogP contribution >= 0.6 is 11.6 Å². The van der Waals surface area contributed by atoms with Gasteiger partial charge in [-0.05, 0) is 35.4 Å². The van der Waals surface area contributed by atoms with Gasteiger partial charge in [0, 0.05) is 34.4 Å². The fourth-order valence-corrected chi connectivity index (χ4v) is 4.37. The van der Waals surface area contributed by atoms with Gasteiger partial charge >= 0.3 is 0 Å². The summed E-state index contributed by atoms with van der Waals surface area (Å²) in [5, 5.41) is 3.99. The summed E-state index contributed by atoms with van der Waals surface area (Å²) < 4.78 is 1.49. The minimum Gasteiger partial charge on any atom is -0.361 e. The topological polar surface area (TPSA) is 84.0 Å². The summed E-state index contributed by atoms with van der Waals surface area (Å²) in [4.78, 5) is 42.4. The van der Waals surface area contributed by atoms with Crippen molar-refractivity contribution in [2.24, 2.45) is 0 Å². The van der Waals surface area contributed by atoms with Gasteiger partial charge in [0.15, 0.2) is 5.43 Å². The molecule has 0 saturated carbocycles. The van der Waals surface area contributed by atoms with E-state index in [1.165, 1.54) is 16.7 Å². The first-order valence-electron chi connectivity index (χ1n) is 11.4. The van der Waals surface area contributed by atoms with Crippen LogP contribution in [-0.4, -0.2) is 15.5 Å². The average Bonchev–Trinajstić information content (AvgIpc) is 2.90. The molecule has 0 radical (unpaired) electrons. The number of aromatic nitrogens is 2. The predicted molar refractivity (Wildman–Crippen MR) is 142 cm³/mol. The molecule has 3 aromatic carbocycles. The molecule has 2 aromatic heterocycles. The molecule has 7 heteroatoms. The Bertz CT molecular complexity index is 1660. The molecule has 5 aromatic rings. The number of rotatable bonds is 6. The van der Waals surface area contributed by atoms with Crippen LogP contribution in [0.5, 0.6) is 0 Å². The van der Waals surface area contributed by atoms with E-state index in [1.807, 2.05) is 60.7 Å². The van der Waals surface area contributed by atoms with Crippen molar-refractivity contribution in [3.63, 3.8) is 0 Å². The molecule has 0 aliphatic rings. The van der Waals surface area contributed by atoms with Crippen molar-refractivity contribution < 1.29 is 4.79 Å². The Morgan fingerprint density at radius 1 is 0.917 bits per heavy atom. The van der Waals surface area contributed by atoms with Gasteiger partial charge in [-0.25, -0.2) is 0 Å².